The van der Waals surface area contributed by atoms with Gasteiger partial charge in [-0.05, 0) is 55.5 Å². The van der Waals surface area contributed by atoms with Gasteiger partial charge in [-0.15, -0.1) is 5.10 Å². The molecule has 0 radical (unpaired) electrons. The van der Waals surface area contributed by atoms with Crippen molar-refractivity contribution < 1.29 is 4.79 Å². The maximum atomic E-state index is 13.6. The Kier molecular flexibility index (Phi) is 7.12. The number of carbonyl (C=O) groups is 1. The van der Waals surface area contributed by atoms with Crippen LogP contribution in [0.1, 0.15) is 56.5 Å². The van der Waals surface area contributed by atoms with E-state index >= 15 is 0 Å². The minimum absolute atomic E-state index is 0.00310. The fraction of sp³-hybridized carbons (Fsp3) is 0.385. The molecule has 1 N–H and O–H groups in total. The van der Waals surface area contributed by atoms with Crippen molar-refractivity contribution in [1.82, 2.24) is 24.1 Å². The largest absolute Gasteiger partial charge is 0.352 e. The third-order valence-electron chi connectivity index (χ3n) is 6.24. The van der Waals surface area contributed by atoms with Crippen molar-refractivity contribution in [3.05, 3.63) is 79.5 Å². The van der Waals surface area contributed by atoms with Crippen LogP contribution in [0.5, 0.6) is 0 Å². The molecule has 0 aliphatic carbocycles. The zero-order valence-electron chi connectivity index (χ0n) is 20.4. The van der Waals surface area contributed by atoms with Crippen LogP contribution in [0.3, 0.4) is 0 Å². The molecule has 0 saturated carbocycles. The van der Waals surface area contributed by atoms with Gasteiger partial charge in [-0.3, -0.25) is 14.2 Å². The molecule has 0 unspecified atom stereocenters. The first-order valence-electron chi connectivity index (χ1n) is 11.9. The van der Waals surface area contributed by atoms with Crippen molar-refractivity contribution in [3.63, 3.8) is 0 Å². The summed E-state index contributed by atoms with van der Waals surface area (Å²) >= 11 is 6.32. The second-order valence-electron chi connectivity index (χ2n) is 9.32. The molecular formula is C26H30ClN5O3. The first-order chi connectivity index (χ1) is 16.7. The lowest BCUT2D eigenvalue weighted by atomic mass is 10.1. The predicted molar refractivity (Wildman–Crippen MR) is 138 cm³/mol. The van der Waals surface area contributed by atoms with E-state index in [2.05, 4.69) is 24.3 Å². The third-order valence-corrected chi connectivity index (χ3v) is 6.61. The minimum Gasteiger partial charge on any atom is -0.350 e. The summed E-state index contributed by atoms with van der Waals surface area (Å²) < 4.78 is 4.28. The summed E-state index contributed by atoms with van der Waals surface area (Å²) in [5.41, 5.74) is 0.843. The summed E-state index contributed by atoms with van der Waals surface area (Å²) in [5, 5.41) is 8.37. The lowest BCUT2D eigenvalue weighted by molar-refractivity contribution is 0.0939. The number of hydrogen-bond acceptors (Lipinski definition) is 4. The Labute approximate surface area is 208 Å². The highest BCUT2D eigenvalue weighted by Crippen LogP contribution is 2.18. The molecule has 0 saturated heterocycles. The highest BCUT2D eigenvalue weighted by molar-refractivity contribution is 6.31. The number of halogens is 1. The van der Waals surface area contributed by atoms with Crippen molar-refractivity contribution in [2.24, 2.45) is 5.92 Å². The summed E-state index contributed by atoms with van der Waals surface area (Å²) in [5.74, 6) is 0.357. The van der Waals surface area contributed by atoms with Gasteiger partial charge in [0.25, 0.3) is 11.5 Å². The SMILES string of the molecule is CC[C@H](C)NC(=O)c1ccc2c(=O)n(CCC(C)C)c3nn(Cc4ccccc4Cl)c(=O)n3c2c1. The highest BCUT2D eigenvalue weighted by Gasteiger charge is 2.20. The van der Waals surface area contributed by atoms with Crippen LogP contribution < -0.4 is 16.6 Å². The van der Waals surface area contributed by atoms with Gasteiger partial charge < -0.3 is 5.32 Å². The van der Waals surface area contributed by atoms with Gasteiger partial charge in [0.05, 0.1) is 17.4 Å². The Morgan fingerprint density at radius 1 is 1.11 bits per heavy atom. The molecule has 2 heterocycles. The first kappa shape index (κ1) is 24.7. The van der Waals surface area contributed by atoms with Crippen molar-refractivity contribution in [2.75, 3.05) is 0 Å². The number of rotatable bonds is 8. The van der Waals surface area contributed by atoms with Crippen molar-refractivity contribution in [1.29, 1.82) is 0 Å². The molecule has 9 heteroatoms. The molecular weight excluding hydrogens is 466 g/mol. The number of amides is 1. The molecule has 0 aliphatic rings. The average Bonchev–Trinajstić information content (AvgIpc) is 3.15. The molecule has 1 atom stereocenters. The second kappa shape index (κ2) is 10.1. The van der Waals surface area contributed by atoms with Gasteiger partial charge in [-0.1, -0.05) is 50.6 Å². The van der Waals surface area contributed by atoms with Crippen LogP contribution in [-0.2, 0) is 13.1 Å². The van der Waals surface area contributed by atoms with Crippen LogP contribution in [0, 0.1) is 5.92 Å². The molecule has 0 fully saturated rings. The molecule has 8 nitrogen and oxygen atoms in total. The highest BCUT2D eigenvalue weighted by atomic mass is 35.5. The number of aromatic nitrogens is 4. The number of benzene rings is 2. The van der Waals surface area contributed by atoms with E-state index in [1.165, 1.54) is 9.08 Å². The standard InChI is InChI=1S/C26H30ClN5O3/c1-5-17(4)28-23(33)18-10-11-20-22(14-18)32-25(30(24(20)34)13-12-16(2)3)29-31(26(32)35)15-19-8-6-7-9-21(19)27/h6-11,14,16-17H,5,12-13,15H2,1-4H3,(H,28,33)/t17-/m0/s1. The topological polar surface area (TPSA) is 90.4 Å². The van der Waals surface area contributed by atoms with Crippen molar-refractivity contribution in [2.45, 2.75) is 59.7 Å². The number of aryl methyl sites for hydroxylation is 1. The minimum atomic E-state index is -0.400. The van der Waals surface area contributed by atoms with E-state index in [-0.39, 0.29) is 29.8 Å². The van der Waals surface area contributed by atoms with Crippen molar-refractivity contribution in [3.8, 4) is 0 Å². The van der Waals surface area contributed by atoms with Gasteiger partial charge in [0.15, 0.2) is 0 Å². The van der Waals surface area contributed by atoms with E-state index < -0.39 is 5.69 Å². The Hall–Kier alpha value is -3.39. The molecule has 0 spiro atoms. The maximum Gasteiger partial charge on any atom is 0.352 e. The van der Waals surface area contributed by atoms with Gasteiger partial charge in [0, 0.05) is 23.2 Å². The van der Waals surface area contributed by atoms with E-state index in [1.807, 2.05) is 32.0 Å². The predicted octanol–water partition coefficient (Wildman–Crippen LogP) is 4.09. The van der Waals surface area contributed by atoms with Crippen LogP contribution >= 0.6 is 11.6 Å². The molecule has 4 aromatic rings. The zero-order valence-corrected chi connectivity index (χ0v) is 21.2. The number of fused-ring (bicyclic) bond motifs is 3. The smallest absolute Gasteiger partial charge is 0.350 e. The Morgan fingerprint density at radius 3 is 2.54 bits per heavy atom. The van der Waals surface area contributed by atoms with Crippen LogP contribution in [0.2, 0.25) is 5.02 Å². The molecule has 2 aromatic carbocycles. The van der Waals surface area contributed by atoms with Gasteiger partial charge >= 0.3 is 5.69 Å². The van der Waals surface area contributed by atoms with E-state index in [9.17, 15) is 14.4 Å². The molecule has 2 aromatic heterocycles. The normalized spacial score (nSPS) is 12.5. The zero-order chi connectivity index (χ0) is 25.3. The molecule has 0 aliphatic heterocycles. The number of carbonyl (C=O) groups excluding carboxylic acids is 1. The molecule has 4 rings (SSSR count). The Morgan fingerprint density at radius 2 is 1.86 bits per heavy atom. The Bertz CT molecular complexity index is 1520. The van der Waals surface area contributed by atoms with Gasteiger partial charge in [-0.25, -0.2) is 13.9 Å². The van der Waals surface area contributed by atoms with Crippen molar-refractivity contribution >= 4 is 34.2 Å². The summed E-state index contributed by atoms with van der Waals surface area (Å²) in [6.07, 6.45) is 1.54. The van der Waals surface area contributed by atoms with E-state index in [1.54, 1.807) is 28.8 Å². The monoisotopic (exact) mass is 495 g/mol. The lowest BCUT2D eigenvalue weighted by Crippen LogP contribution is -2.32. The fourth-order valence-electron chi connectivity index (χ4n) is 3.95. The summed E-state index contributed by atoms with van der Waals surface area (Å²) in [7, 11) is 0. The average molecular weight is 496 g/mol. The third kappa shape index (κ3) is 4.89. The second-order valence-corrected chi connectivity index (χ2v) is 9.73. The number of hydrogen-bond donors (Lipinski definition) is 1. The van der Waals surface area contributed by atoms with Crippen LogP contribution in [-0.4, -0.2) is 30.7 Å². The van der Waals surface area contributed by atoms with E-state index in [0.29, 0.717) is 34.0 Å². The van der Waals surface area contributed by atoms with Gasteiger partial charge in [0.1, 0.15) is 0 Å². The Balaban J connectivity index is 1.95. The molecule has 1 amide bonds. The molecule has 35 heavy (non-hydrogen) atoms. The van der Waals surface area contributed by atoms with E-state index in [4.69, 9.17) is 11.6 Å². The number of nitrogens with zero attached hydrogens (tertiary/aromatic N) is 4. The number of nitrogens with one attached hydrogen (secondary N) is 1. The van der Waals surface area contributed by atoms with E-state index in [0.717, 1.165) is 18.4 Å². The summed E-state index contributed by atoms with van der Waals surface area (Å²) in [4.78, 5) is 39.8. The van der Waals surface area contributed by atoms with Gasteiger partial charge in [0.2, 0.25) is 5.78 Å². The van der Waals surface area contributed by atoms with Crippen LogP contribution in [0.4, 0.5) is 0 Å². The summed E-state index contributed by atoms with van der Waals surface area (Å²) in [6, 6.07) is 12.1. The fourth-order valence-corrected chi connectivity index (χ4v) is 4.14. The lowest BCUT2D eigenvalue weighted by Gasteiger charge is -2.13. The summed E-state index contributed by atoms with van der Waals surface area (Å²) in [6.45, 7) is 8.65. The quantitative estimate of drug-likeness (QED) is 0.398. The van der Waals surface area contributed by atoms with Gasteiger partial charge in [-0.2, -0.15) is 0 Å². The van der Waals surface area contributed by atoms with Crippen LogP contribution in [0.25, 0.3) is 16.7 Å². The maximum absolute atomic E-state index is 13.6. The van der Waals surface area contributed by atoms with Crippen LogP contribution in [0.15, 0.2) is 52.1 Å². The molecule has 184 valence electrons. The molecule has 0 bridgehead atoms. The first-order valence-corrected chi connectivity index (χ1v) is 12.3.